The zero-order valence-electron chi connectivity index (χ0n) is 16.1. The van der Waals surface area contributed by atoms with Crippen LogP contribution in [0.15, 0.2) is 40.3 Å². The van der Waals surface area contributed by atoms with Crippen LogP contribution in [0.4, 0.5) is 5.00 Å². The summed E-state index contributed by atoms with van der Waals surface area (Å²) in [6, 6.07) is 10.0. The van der Waals surface area contributed by atoms with Crippen LogP contribution in [-0.4, -0.2) is 17.6 Å². The number of nitrogens with one attached hydrogen (secondary N) is 1. The molecule has 0 radical (unpaired) electrons. The molecule has 0 saturated heterocycles. The predicted octanol–water partition coefficient (Wildman–Crippen LogP) is 6.40. The van der Waals surface area contributed by atoms with Gasteiger partial charge in [-0.15, -0.1) is 22.7 Å². The van der Waals surface area contributed by atoms with Crippen molar-refractivity contribution in [2.24, 2.45) is 0 Å². The zero-order valence-corrected chi connectivity index (χ0v) is 19.3. The molecule has 2 heterocycles. The second-order valence-electron chi connectivity index (χ2n) is 6.07. The summed E-state index contributed by atoms with van der Waals surface area (Å²) in [5, 5.41) is 15.9. The highest BCUT2D eigenvalue weighted by atomic mass is 79.9. The number of ether oxygens (including phenoxy) is 1. The Labute approximate surface area is 185 Å². The van der Waals surface area contributed by atoms with Crippen LogP contribution < -0.4 is 5.32 Å². The van der Waals surface area contributed by atoms with Crippen molar-refractivity contribution in [2.45, 2.75) is 20.8 Å². The number of esters is 1. The lowest BCUT2D eigenvalue weighted by Gasteiger charge is -2.05. The summed E-state index contributed by atoms with van der Waals surface area (Å²) in [5.74, 6) is -0.366. The molecule has 5 nitrogen and oxygen atoms in total. The van der Waals surface area contributed by atoms with Crippen LogP contribution in [0.3, 0.4) is 0 Å². The number of halogens is 1. The van der Waals surface area contributed by atoms with E-state index >= 15 is 0 Å². The van der Waals surface area contributed by atoms with Gasteiger partial charge in [-0.2, -0.15) is 5.26 Å². The SMILES string of the molecule is CCOC(=O)c1c(NC=C(C#N)c2nc(-c3cccc(Br)c3)cs2)sc(C)c1C. The average Bonchev–Trinajstić information content (AvgIpc) is 3.28. The number of carbonyl (C=O) groups excluding carboxylic acids is 1. The first kappa shape index (κ1) is 21.2. The van der Waals surface area contributed by atoms with Gasteiger partial charge in [0.2, 0.25) is 0 Å². The van der Waals surface area contributed by atoms with Crippen LogP contribution in [0.25, 0.3) is 16.8 Å². The maximum atomic E-state index is 12.3. The molecule has 1 N–H and O–H groups in total. The maximum absolute atomic E-state index is 12.3. The minimum absolute atomic E-state index is 0.309. The Balaban J connectivity index is 1.88. The van der Waals surface area contributed by atoms with Gasteiger partial charge < -0.3 is 10.1 Å². The molecular weight excluding hydrogens is 470 g/mol. The molecule has 0 aliphatic rings. The normalized spacial score (nSPS) is 11.2. The van der Waals surface area contributed by atoms with E-state index in [1.54, 1.807) is 13.1 Å². The largest absolute Gasteiger partial charge is 0.462 e. The fourth-order valence-corrected chi connectivity index (χ4v) is 4.85. The van der Waals surface area contributed by atoms with Gasteiger partial charge in [0.15, 0.2) is 0 Å². The summed E-state index contributed by atoms with van der Waals surface area (Å²) in [6.07, 6.45) is 1.59. The number of aromatic nitrogens is 1. The van der Waals surface area contributed by atoms with E-state index in [2.05, 4.69) is 32.3 Å². The lowest BCUT2D eigenvalue weighted by Crippen LogP contribution is -2.07. The second kappa shape index (κ2) is 9.35. The van der Waals surface area contributed by atoms with Gasteiger partial charge in [0.25, 0.3) is 0 Å². The Kier molecular flexibility index (Phi) is 6.85. The van der Waals surface area contributed by atoms with Crippen molar-refractivity contribution in [2.75, 3.05) is 11.9 Å². The van der Waals surface area contributed by atoms with Crippen LogP contribution in [0, 0.1) is 25.2 Å². The molecule has 148 valence electrons. The van der Waals surface area contributed by atoms with Crippen molar-refractivity contribution in [3.8, 4) is 17.3 Å². The molecule has 3 rings (SSSR count). The number of hydrogen-bond acceptors (Lipinski definition) is 7. The maximum Gasteiger partial charge on any atom is 0.341 e. The van der Waals surface area contributed by atoms with Crippen LogP contribution in [-0.2, 0) is 4.74 Å². The minimum atomic E-state index is -0.366. The molecule has 0 spiro atoms. The molecule has 0 bridgehead atoms. The number of benzene rings is 1. The highest BCUT2D eigenvalue weighted by molar-refractivity contribution is 9.10. The van der Waals surface area contributed by atoms with Crippen molar-refractivity contribution in [3.63, 3.8) is 0 Å². The highest BCUT2D eigenvalue weighted by Gasteiger charge is 2.20. The van der Waals surface area contributed by atoms with Gasteiger partial charge in [-0.1, -0.05) is 28.1 Å². The van der Waals surface area contributed by atoms with Crippen LogP contribution in [0.1, 0.15) is 32.7 Å². The monoisotopic (exact) mass is 487 g/mol. The number of nitrogens with zero attached hydrogens (tertiary/aromatic N) is 2. The third-order valence-electron chi connectivity index (χ3n) is 4.19. The van der Waals surface area contributed by atoms with Crippen LogP contribution >= 0.6 is 38.6 Å². The van der Waals surface area contributed by atoms with E-state index in [1.165, 1.54) is 22.7 Å². The van der Waals surface area contributed by atoms with Crippen LogP contribution in [0.2, 0.25) is 0 Å². The van der Waals surface area contributed by atoms with Gasteiger partial charge in [0.05, 0.1) is 17.9 Å². The number of anilines is 1. The van der Waals surface area contributed by atoms with Gasteiger partial charge >= 0.3 is 5.97 Å². The number of hydrogen-bond donors (Lipinski definition) is 1. The fraction of sp³-hybridized carbons (Fsp3) is 0.190. The Morgan fingerprint density at radius 3 is 2.90 bits per heavy atom. The van der Waals surface area contributed by atoms with Crippen molar-refractivity contribution < 1.29 is 9.53 Å². The topological polar surface area (TPSA) is 75.0 Å². The number of allylic oxidation sites excluding steroid dienone is 1. The molecule has 8 heteroatoms. The van der Waals surface area contributed by atoms with Crippen molar-refractivity contribution in [1.82, 2.24) is 4.98 Å². The van der Waals surface area contributed by atoms with Crippen LogP contribution in [0.5, 0.6) is 0 Å². The standard InChI is InChI=1S/C21H18BrN3O2S2/c1-4-27-21(26)18-12(2)13(3)29-20(18)24-10-15(9-23)19-25-17(11-28-19)14-6-5-7-16(22)8-14/h5-8,10-11,24H,4H2,1-3H3. The summed E-state index contributed by atoms with van der Waals surface area (Å²) in [4.78, 5) is 17.9. The van der Waals surface area contributed by atoms with E-state index in [0.717, 1.165) is 26.2 Å². The van der Waals surface area contributed by atoms with E-state index in [1.807, 2.05) is 43.5 Å². The zero-order chi connectivity index (χ0) is 21.0. The average molecular weight is 488 g/mol. The van der Waals surface area contributed by atoms with Crippen molar-refractivity contribution in [3.05, 3.63) is 61.3 Å². The second-order valence-corrected chi connectivity index (χ2v) is 9.07. The molecule has 0 aliphatic carbocycles. The van der Waals surface area contributed by atoms with E-state index < -0.39 is 0 Å². The minimum Gasteiger partial charge on any atom is -0.462 e. The molecule has 0 unspecified atom stereocenters. The number of thiophene rings is 1. The molecule has 1 aromatic carbocycles. The third-order valence-corrected chi connectivity index (χ3v) is 6.70. The Morgan fingerprint density at radius 2 is 2.21 bits per heavy atom. The molecule has 0 aliphatic heterocycles. The first-order valence-corrected chi connectivity index (χ1v) is 11.3. The number of carbonyl (C=O) groups is 1. The molecule has 3 aromatic rings. The van der Waals surface area contributed by atoms with Crippen molar-refractivity contribution in [1.29, 1.82) is 5.26 Å². The summed E-state index contributed by atoms with van der Waals surface area (Å²) < 4.78 is 6.14. The first-order chi connectivity index (χ1) is 13.9. The van der Waals surface area contributed by atoms with Gasteiger partial charge in [0, 0.05) is 26.5 Å². The predicted molar refractivity (Wildman–Crippen MR) is 122 cm³/mol. The molecule has 0 saturated carbocycles. The molecule has 29 heavy (non-hydrogen) atoms. The smallest absolute Gasteiger partial charge is 0.341 e. The van der Waals surface area contributed by atoms with Crippen molar-refractivity contribution >= 4 is 55.1 Å². The summed E-state index contributed by atoms with van der Waals surface area (Å²) >= 11 is 6.32. The molecule has 2 aromatic heterocycles. The fourth-order valence-electron chi connectivity index (χ4n) is 2.64. The lowest BCUT2D eigenvalue weighted by atomic mass is 10.1. The van der Waals surface area contributed by atoms with Gasteiger partial charge in [-0.25, -0.2) is 9.78 Å². The van der Waals surface area contributed by atoms with Gasteiger partial charge in [0.1, 0.15) is 21.7 Å². The molecular formula is C21H18BrN3O2S2. The molecule has 0 atom stereocenters. The Morgan fingerprint density at radius 1 is 1.41 bits per heavy atom. The molecule has 0 fully saturated rings. The van der Waals surface area contributed by atoms with E-state index in [-0.39, 0.29) is 5.97 Å². The lowest BCUT2D eigenvalue weighted by molar-refractivity contribution is 0.0527. The van der Waals surface area contributed by atoms with Gasteiger partial charge in [-0.05, 0) is 38.5 Å². The summed E-state index contributed by atoms with van der Waals surface area (Å²) in [5.41, 5.74) is 3.57. The van der Waals surface area contributed by atoms with E-state index in [0.29, 0.717) is 27.8 Å². The molecule has 0 amide bonds. The van der Waals surface area contributed by atoms with E-state index in [4.69, 9.17) is 4.74 Å². The Hall–Kier alpha value is -2.47. The number of nitriles is 1. The third kappa shape index (κ3) is 4.75. The summed E-state index contributed by atoms with van der Waals surface area (Å²) in [7, 11) is 0. The first-order valence-electron chi connectivity index (χ1n) is 8.80. The van der Waals surface area contributed by atoms with E-state index in [9.17, 15) is 10.1 Å². The highest BCUT2D eigenvalue weighted by Crippen LogP contribution is 2.34. The number of thiazole rings is 1. The quantitative estimate of drug-likeness (QED) is 0.321. The number of aryl methyl sites for hydroxylation is 1. The number of rotatable bonds is 6. The Bertz CT molecular complexity index is 1130. The van der Waals surface area contributed by atoms with Gasteiger partial charge in [-0.3, -0.25) is 0 Å². The summed E-state index contributed by atoms with van der Waals surface area (Å²) in [6.45, 7) is 5.93.